The summed E-state index contributed by atoms with van der Waals surface area (Å²) < 4.78 is 18.9. The van der Waals surface area contributed by atoms with Crippen molar-refractivity contribution < 1.29 is 9.13 Å². The van der Waals surface area contributed by atoms with Gasteiger partial charge in [-0.05, 0) is 43.2 Å². The van der Waals surface area contributed by atoms with Crippen LogP contribution in [0.5, 0.6) is 5.88 Å². The third-order valence-corrected chi connectivity index (χ3v) is 2.78. The van der Waals surface area contributed by atoms with Gasteiger partial charge in [-0.2, -0.15) is 4.98 Å². The Labute approximate surface area is 117 Å². The summed E-state index contributed by atoms with van der Waals surface area (Å²) in [5, 5.41) is 3.03. The van der Waals surface area contributed by atoms with Crippen molar-refractivity contribution >= 4 is 17.2 Å². The lowest BCUT2D eigenvalue weighted by Crippen LogP contribution is -2.03. The van der Waals surface area contributed by atoms with E-state index in [1.165, 1.54) is 6.07 Å². The van der Waals surface area contributed by atoms with Crippen LogP contribution < -0.4 is 15.8 Å². The number of hydrogen-bond donors (Lipinski definition) is 2. The molecule has 0 aliphatic heterocycles. The number of ether oxygens (including phenoxy) is 1. The van der Waals surface area contributed by atoms with Crippen LogP contribution in [0.15, 0.2) is 30.3 Å². The number of aryl methyl sites for hydroxylation is 1. The Bertz CT molecular complexity index is 602. The highest BCUT2D eigenvalue weighted by Crippen LogP contribution is 2.24. The second kappa shape index (κ2) is 6.23. The quantitative estimate of drug-likeness (QED) is 0.874. The third-order valence-electron chi connectivity index (χ3n) is 2.78. The average molecular weight is 275 g/mol. The van der Waals surface area contributed by atoms with E-state index in [1.807, 2.05) is 6.92 Å². The molecule has 0 radical (unpaired) electrons. The minimum atomic E-state index is -0.257. The molecule has 0 atom stereocenters. The molecular weight excluding hydrogens is 257 g/mol. The molecular formula is C15H18FN3O. The van der Waals surface area contributed by atoms with Crippen LogP contribution >= 0.6 is 0 Å². The van der Waals surface area contributed by atoms with E-state index in [4.69, 9.17) is 10.5 Å². The van der Waals surface area contributed by atoms with Crippen LogP contribution in [0, 0.1) is 12.7 Å². The van der Waals surface area contributed by atoms with Crippen LogP contribution in [0.4, 0.5) is 21.6 Å². The predicted octanol–water partition coefficient (Wildman–Crippen LogP) is 3.64. The Morgan fingerprint density at radius 2 is 2.10 bits per heavy atom. The second-order valence-corrected chi connectivity index (χ2v) is 4.53. The lowest BCUT2D eigenvalue weighted by atomic mass is 10.2. The van der Waals surface area contributed by atoms with Crippen LogP contribution in [-0.4, -0.2) is 11.6 Å². The Morgan fingerprint density at radius 3 is 2.80 bits per heavy atom. The molecule has 3 N–H and O–H groups in total. The number of nitrogens with two attached hydrogens (primary N) is 1. The molecule has 5 heteroatoms. The Morgan fingerprint density at radius 1 is 1.30 bits per heavy atom. The van der Waals surface area contributed by atoms with E-state index in [-0.39, 0.29) is 5.82 Å². The summed E-state index contributed by atoms with van der Waals surface area (Å²) in [5.41, 5.74) is 7.51. The first-order valence-corrected chi connectivity index (χ1v) is 6.52. The lowest BCUT2D eigenvalue weighted by Gasteiger charge is -2.10. The van der Waals surface area contributed by atoms with Gasteiger partial charge in [-0.3, -0.25) is 0 Å². The van der Waals surface area contributed by atoms with E-state index in [1.54, 1.807) is 31.2 Å². The molecule has 0 spiro atoms. The maximum absolute atomic E-state index is 13.5. The van der Waals surface area contributed by atoms with E-state index >= 15 is 0 Å². The van der Waals surface area contributed by atoms with Crippen molar-refractivity contribution in [2.24, 2.45) is 0 Å². The molecule has 4 nitrogen and oxygen atoms in total. The zero-order valence-corrected chi connectivity index (χ0v) is 11.6. The fourth-order valence-electron chi connectivity index (χ4n) is 1.65. The van der Waals surface area contributed by atoms with Gasteiger partial charge in [0.05, 0.1) is 12.3 Å². The van der Waals surface area contributed by atoms with Crippen LogP contribution in [0.25, 0.3) is 0 Å². The number of halogens is 1. The largest absolute Gasteiger partial charge is 0.476 e. The number of nitrogens with one attached hydrogen (secondary N) is 1. The van der Waals surface area contributed by atoms with Crippen molar-refractivity contribution in [3.63, 3.8) is 0 Å². The minimum absolute atomic E-state index is 0.257. The smallest absolute Gasteiger partial charge is 0.239 e. The molecule has 106 valence electrons. The minimum Gasteiger partial charge on any atom is -0.476 e. The summed E-state index contributed by atoms with van der Waals surface area (Å²) in [6, 6.07) is 8.38. The summed E-state index contributed by atoms with van der Waals surface area (Å²) >= 11 is 0. The molecule has 0 aliphatic carbocycles. The lowest BCUT2D eigenvalue weighted by molar-refractivity contribution is 0.307. The zero-order valence-electron chi connectivity index (χ0n) is 11.6. The maximum atomic E-state index is 13.5. The van der Waals surface area contributed by atoms with Crippen molar-refractivity contribution in [1.82, 2.24) is 4.98 Å². The number of rotatable bonds is 5. The number of nitrogen functional groups attached to an aromatic ring is 1. The van der Waals surface area contributed by atoms with Gasteiger partial charge in [0.2, 0.25) is 5.88 Å². The van der Waals surface area contributed by atoms with E-state index < -0.39 is 0 Å². The summed E-state index contributed by atoms with van der Waals surface area (Å²) in [7, 11) is 0. The van der Waals surface area contributed by atoms with Crippen LogP contribution in [0.3, 0.4) is 0 Å². The fourth-order valence-corrected chi connectivity index (χ4v) is 1.65. The van der Waals surface area contributed by atoms with Crippen LogP contribution in [0.1, 0.15) is 18.9 Å². The van der Waals surface area contributed by atoms with Crippen LogP contribution in [-0.2, 0) is 0 Å². The number of pyridine rings is 1. The van der Waals surface area contributed by atoms with Gasteiger partial charge in [0.15, 0.2) is 0 Å². The van der Waals surface area contributed by atoms with Gasteiger partial charge >= 0.3 is 0 Å². The van der Waals surface area contributed by atoms with Gasteiger partial charge in [0.1, 0.15) is 11.6 Å². The van der Waals surface area contributed by atoms with E-state index in [0.717, 1.165) is 6.42 Å². The molecule has 0 amide bonds. The van der Waals surface area contributed by atoms with E-state index in [0.29, 0.717) is 35.2 Å². The molecule has 20 heavy (non-hydrogen) atoms. The highest BCUT2D eigenvalue weighted by atomic mass is 19.1. The highest BCUT2D eigenvalue weighted by Gasteiger charge is 2.05. The monoisotopic (exact) mass is 275 g/mol. The first-order chi connectivity index (χ1) is 9.60. The van der Waals surface area contributed by atoms with Crippen molar-refractivity contribution in [3.05, 3.63) is 41.7 Å². The van der Waals surface area contributed by atoms with Crippen molar-refractivity contribution in [3.8, 4) is 5.88 Å². The van der Waals surface area contributed by atoms with Crippen molar-refractivity contribution in [2.75, 3.05) is 17.7 Å². The predicted molar refractivity (Wildman–Crippen MR) is 78.9 cm³/mol. The number of nitrogens with zero attached hydrogens (tertiary/aromatic N) is 1. The molecule has 0 aliphatic rings. The molecule has 0 saturated carbocycles. The molecule has 1 aromatic heterocycles. The number of benzene rings is 1. The number of anilines is 3. The van der Waals surface area contributed by atoms with Gasteiger partial charge in [-0.1, -0.05) is 13.0 Å². The molecule has 1 aromatic carbocycles. The highest BCUT2D eigenvalue weighted by molar-refractivity contribution is 5.61. The first-order valence-electron chi connectivity index (χ1n) is 6.52. The fraction of sp³-hybridized carbons (Fsp3) is 0.267. The van der Waals surface area contributed by atoms with E-state index in [9.17, 15) is 4.39 Å². The first kappa shape index (κ1) is 14.1. The maximum Gasteiger partial charge on any atom is 0.239 e. The Balaban J connectivity index is 2.18. The molecule has 0 fully saturated rings. The second-order valence-electron chi connectivity index (χ2n) is 4.53. The van der Waals surface area contributed by atoms with Crippen molar-refractivity contribution in [2.45, 2.75) is 20.3 Å². The summed E-state index contributed by atoms with van der Waals surface area (Å²) in [6.07, 6.45) is 0.877. The summed E-state index contributed by atoms with van der Waals surface area (Å²) in [4.78, 5) is 4.28. The zero-order chi connectivity index (χ0) is 14.5. The van der Waals surface area contributed by atoms with Crippen molar-refractivity contribution in [1.29, 1.82) is 0 Å². The van der Waals surface area contributed by atoms with E-state index in [2.05, 4.69) is 10.3 Å². The normalized spacial score (nSPS) is 10.3. The van der Waals surface area contributed by atoms with Gasteiger partial charge in [-0.25, -0.2) is 4.39 Å². The molecule has 0 unspecified atom stereocenters. The standard InChI is InChI=1S/C15H18FN3O/c1-3-8-20-15-13(17)6-7-14(19-15)18-11-5-4-10(2)12(16)9-11/h4-7,9H,3,8,17H2,1-2H3,(H,18,19). The SMILES string of the molecule is CCCOc1nc(Nc2ccc(C)c(F)c2)ccc1N. The average Bonchev–Trinajstić information content (AvgIpc) is 2.43. The Kier molecular flexibility index (Phi) is 4.40. The molecule has 0 bridgehead atoms. The van der Waals surface area contributed by atoms with Gasteiger partial charge in [0, 0.05) is 5.69 Å². The molecule has 0 saturated heterocycles. The molecule has 2 aromatic rings. The summed E-state index contributed by atoms with van der Waals surface area (Å²) in [5.74, 6) is 0.700. The number of aromatic nitrogens is 1. The third kappa shape index (κ3) is 3.38. The number of hydrogen-bond acceptors (Lipinski definition) is 4. The van der Waals surface area contributed by atoms with Gasteiger partial charge in [-0.15, -0.1) is 0 Å². The summed E-state index contributed by atoms with van der Waals surface area (Å²) in [6.45, 7) is 4.28. The topological polar surface area (TPSA) is 60.2 Å². The van der Waals surface area contributed by atoms with Crippen LogP contribution in [0.2, 0.25) is 0 Å². The molecule has 2 rings (SSSR count). The molecule has 1 heterocycles. The van der Waals surface area contributed by atoms with Gasteiger partial charge in [0.25, 0.3) is 0 Å². The van der Waals surface area contributed by atoms with Gasteiger partial charge < -0.3 is 15.8 Å². The Hall–Kier alpha value is -2.30.